The van der Waals surface area contributed by atoms with E-state index < -0.39 is 11.6 Å². The molecule has 0 amide bonds. The van der Waals surface area contributed by atoms with Crippen molar-refractivity contribution in [2.75, 3.05) is 0 Å². The molecule has 0 bridgehead atoms. The number of fused-ring (bicyclic) bond motifs is 1. The number of hydrogen-bond acceptors (Lipinski definition) is 2. The van der Waals surface area contributed by atoms with Gasteiger partial charge in [-0.3, -0.25) is 19.4 Å². The van der Waals surface area contributed by atoms with Crippen molar-refractivity contribution in [2.24, 2.45) is 0 Å². The first-order chi connectivity index (χ1) is 9.62. The van der Waals surface area contributed by atoms with Gasteiger partial charge < -0.3 is 22.1 Å². The molecule has 20 heavy (non-hydrogen) atoms. The SMILES string of the molecule is CC.O=C1C=Cc2ccccc2C1=O.[N-]=[N+]=[N-].[N-]=[N+]=[N-]. The van der Waals surface area contributed by atoms with Crippen LogP contribution in [-0.2, 0) is 4.79 Å². The molecule has 0 radical (unpaired) electrons. The first kappa shape index (κ1) is 19.3. The summed E-state index contributed by atoms with van der Waals surface area (Å²) in [6.45, 7) is 4.00. The van der Waals surface area contributed by atoms with Gasteiger partial charge in [0.15, 0.2) is 0 Å². The van der Waals surface area contributed by atoms with Gasteiger partial charge in [0.25, 0.3) is 0 Å². The molecule has 0 atom stereocenters. The third kappa shape index (κ3) is 6.61. The van der Waals surface area contributed by atoms with Crippen LogP contribution in [0, 0.1) is 0 Å². The summed E-state index contributed by atoms with van der Waals surface area (Å²) in [6.07, 6.45) is 2.98. The highest BCUT2D eigenvalue weighted by atomic mass is 16.2. The molecule has 0 spiro atoms. The minimum absolute atomic E-state index is 0.409. The van der Waals surface area contributed by atoms with Crippen molar-refractivity contribution in [3.63, 3.8) is 0 Å². The number of Topliss-reactive ketones (excluding diaryl/α,β-unsaturated/α-hetero) is 1. The summed E-state index contributed by atoms with van der Waals surface area (Å²) in [5.74, 6) is -0.846. The van der Waals surface area contributed by atoms with Gasteiger partial charge in [0.1, 0.15) is 0 Å². The summed E-state index contributed by atoms with van der Waals surface area (Å²) >= 11 is 0. The number of allylic oxidation sites excluding steroid dienone is 1. The van der Waals surface area contributed by atoms with Gasteiger partial charge in [0.05, 0.1) is 0 Å². The highest BCUT2D eigenvalue weighted by Gasteiger charge is 2.19. The lowest BCUT2D eigenvalue weighted by Crippen LogP contribution is -2.15. The molecule has 0 N–H and O–H groups in total. The summed E-state index contributed by atoms with van der Waals surface area (Å²) in [4.78, 5) is 25.1. The zero-order valence-corrected chi connectivity index (χ0v) is 11.0. The zero-order valence-electron chi connectivity index (χ0n) is 11.0. The molecule has 0 heterocycles. The molecule has 0 aliphatic heterocycles. The second kappa shape index (κ2) is 12.4. The summed E-state index contributed by atoms with van der Waals surface area (Å²) in [5.41, 5.74) is 28.3. The van der Waals surface area contributed by atoms with Crippen molar-refractivity contribution in [2.45, 2.75) is 13.8 Å². The van der Waals surface area contributed by atoms with E-state index in [9.17, 15) is 9.59 Å². The topological polar surface area (TPSA) is 152 Å². The van der Waals surface area contributed by atoms with Crippen LogP contribution in [0.1, 0.15) is 29.8 Å². The maximum Gasteiger partial charge on any atom is 0.233 e. The minimum Gasteiger partial charge on any atom is -0.373 e. The van der Waals surface area contributed by atoms with Crippen molar-refractivity contribution in [1.29, 1.82) is 0 Å². The van der Waals surface area contributed by atoms with Crippen LogP contribution in [0.3, 0.4) is 0 Å². The summed E-state index contributed by atoms with van der Waals surface area (Å²) < 4.78 is 0. The lowest BCUT2D eigenvalue weighted by Gasteiger charge is -2.06. The molecule has 1 aromatic rings. The molecule has 8 nitrogen and oxygen atoms in total. The Morgan fingerprint density at radius 2 is 1.30 bits per heavy atom. The Hall–Kier alpha value is -3.08. The third-order valence-electron chi connectivity index (χ3n) is 1.84. The van der Waals surface area contributed by atoms with Gasteiger partial charge in [-0.2, -0.15) is 0 Å². The van der Waals surface area contributed by atoms with E-state index in [1.165, 1.54) is 15.9 Å². The molecule has 8 heteroatoms. The van der Waals surface area contributed by atoms with E-state index in [4.69, 9.17) is 22.1 Å². The van der Waals surface area contributed by atoms with Gasteiger partial charge >= 0.3 is 0 Å². The minimum atomic E-state index is -0.436. The van der Waals surface area contributed by atoms with E-state index in [-0.39, 0.29) is 0 Å². The van der Waals surface area contributed by atoms with Gasteiger partial charge in [-0.05, 0) is 11.6 Å². The largest absolute Gasteiger partial charge is 0.373 e. The number of rotatable bonds is 0. The van der Waals surface area contributed by atoms with E-state index in [1.807, 2.05) is 26.0 Å². The summed E-state index contributed by atoms with van der Waals surface area (Å²) in [6, 6.07) is 7.07. The van der Waals surface area contributed by atoms with Gasteiger partial charge in [0.2, 0.25) is 11.6 Å². The predicted octanol–water partition coefficient (Wildman–Crippen LogP) is 4.22. The Morgan fingerprint density at radius 1 is 0.850 bits per heavy atom. The highest BCUT2D eigenvalue weighted by Crippen LogP contribution is 2.16. The maximum absolute atomic E-state index is 11.2. The molecular weight excluding hydrogens is 260 g/mol. The van der Waals surface area contributed by atoms with Crippen LogP contribution in [0.4, 0.5) is 0 Å². The van der Waals surface area contributed by atoms with Crippen LogP contribution >= 0.6 is 0 Å². The second-order valence-corrected chi connectivity index (χ2v) is 2.79. The standard InChI is InChI=1S/C10H6O2.C2H6.2N3/c11-9-6-5-7-3-1-2-4-8(7)10(9)12;1-2;2*1-3-2/h1-6H;1-2H3;;/q;;2*-1. The van der Waals surface area contributed by atoms with Crippen LogP contribution < -0.4 is 0 Å². The van der Waals surface area contributed by atoms with Gasteiger partial charge in [-0.25, -0.2) is 0 Å². The van der Waals surface area contributed by atoms with Crippen LogP contribution in [0.2, 0.25) is 0 Å². The van der Waals surface area contributed by atoms with Crippen LogP contribution in [0.5, 0.6) is 0 Å². The Balaban J connectivity index is 0. The van der Waals surface area contributed by atoms with Gasteiger partial charge in [-0.15, -0.1) is 0 Å². The molecule has 1 aliphatic carbocycles. The monoisotopic (exact) mass is 272 g/mol. The normalized spacial score (nSPS) is 9.90. The van der Waals surface area contributed by atoms with Crippen molar-refractivity contribution in [3.05, 3.63) is 73.4 Å². The van der Waals surface area contributed by atoms with E-state index in [1.54, 1.807) is 18.2 Å². The summed E-state index contributed by atoms with van der Waals surface area (Å²) in [7, 11) is 0. The van der Waals surface area contributed by atoms with E-state index in [0.29, 0.717) is 5.56 Å². The molecule has 0 unspecified atom stereocenters. The molecule has 2 rings (SSSR count). The Labute approximate surface area is 115 Å². The van der Waals surface area contributed by atoms with Crippen molar-refractivity contribution >= 4 is 17.6 Å². The highest BCUT2D eigenvalue weighted by molar-refractivity contribution is 6.49. The first-order valence-corrected chi connectivity index (χ1v) is 5.45. The van der Waals surface area contributed by atoms with E-state index >= 15 is 0 Å². The molecule has 0 fully saturated rings. The molecule has 0 saturated heterocycles. The lowest BCUT2D eigenvalue weighted by molar-refractivity contribution is -0.110. The molecule has 104 valence electrons. The molecule has 0 saturated carbocycles. The fraction of sp³-hybridized carbons (Fsp3) is 0.167. The fourth-order valence-electron chi connectivity index (χ4n) is 1.22. The Bertz CT molecular complexity index is 541. The van der Waals surface area contributed by atoms with Crippen molar-refractivity contribution in [1.82, 2.24) is 0 Å². The Kier molecular flexibility index (Phi) is 11.9. The van der Waals surface area contributed by atoms with Gasteiger partial charge in [-0.1, -0.05) is 44.2 Å². The molecular formula is C12H12N6O2-2. The number of hydrogen-bond donors (Lipinski definition) is 0. The number of ketones is 2. The van der Waals surface area contributed by atoms with Crippen LogP contribution in [0.15, 0.2) is 30.3 Å². The lowest BCUT2D eigenvalue weighted by atomic mass is 9.96. The molecule has 1 aromatic carbocycles. The number of benzene rings is 1. The van der Waals surface area contributed by atoms with Gasteiger partial charge in [0, 0.05) is 5.56 Å². The van der Waals surface area contributed by atoms with E-state index in [0.717, 1.165) is 5.56 Å². The van der Waals surface area contributed by atoms with E-state index in [2.05, 4.69) is 0 Å². The average Bonchev–Trinajstić information content (AvgIpc) is 2.47. The van der Waals surface area contributed by atoms with Crippen molar-refractivity contribution < 1.29 is 9.59 Å². The number of carbonyl (C=O) groups is 2. The predicted molar refractivity (Wildman–Crippen MR) is 76.3 cm³/mol. The van der Waals surface area contributed by atoms with Crippen molar-refractivity contribution in [3.8, 4) is 0 Å². The zero-order chi connectivity index (χ0) is 16.0. The number of carbonyl (C=O) groups excluding carboxylic acids is 2. The quantitative estimate of drug-likeness (QED) is 0.300. The third-order valence-corrected chi connectivity index (χ3v) is 1.84. The van der Waals surface area contributed by atoms with Crippen LogP contribution in [-0.4, -0.2) is 11.6 Å². The first-order valence-electron chi connectivity index (χ1n) is 5.45. The average molecular weight is 272 g/mol. The fourth-order valence-corrected chi connectivity index (χ4v) is 1.22. The summed E-state index contributed by atoms with van der Waals surface area (Å²) in [5, 5.41) is 0. The number of nitrogens with zero attached hydrogens (tertiary/aromatic N) is 6. The molecule has 1 aliphatic rings. The second-order valence-electron chi connectivity index (χ2n) is 2.79. The van der Waals surface area contributed by atoms with Crippen LogP contribution in [0.25, 0.3) is 38.0 Å². The molecule has 0 aromatic heterocycles. The maximum atomic E-state index is 11.2. The smallest absolute Gasteiger partial charge is 0.233 e. The Morgan fingerprint density at radius 3 is 1.80 bits per heavy atom.